The molecule has 1 aromatic heterocycles. The van der Waals surface area contributed by atoms with Crippen LogP contribution in [-0.2, 0) is 12.8 Å². The molecule has 0 aliphatic heterocycles. The zero-order valence-electron chi connectivity index (χ0n) is 12.2. The molecule has 0 aliphatic carbocycles. The first kappa shape index (κ1) is 16.1. The minimum Gasteiger partial charge on any atom is -0.469 e. The van der Waals surface area contributed by atoms with Gasteiger partial charge in [0.25, 0.3) is 0 Å². The van der Waals surface area contributed by atoms with Gasteiger partial charge in [0.1, 0.15) is 11.6 Å². The van der Waals surface area contributed by atoms with Gasteiger partial charge in [-0.05, 0) is 49.6 Å². The van der Waals surface area contributed by atoms with Crippen LogP contribution >= 0.6 is 11.6 Å². The molecule has 0 radical (unpaired) electrons. The zero-order valence-corrected chi connectivity index (χ0v) is 13.0. The third kappa shape index (κ3) is 4.87. The Hall–Kier alpha value is -1.32. The number of rotatable bonds is 8. The van der Waals surface area contributed by atoms with Gasteiger partial charge in [-0.3, -0.25) is 0 Å². The number of aryl methyl sites for hydroxylation is 1. The van der Waals surface area contributed by atoms with Gasteiger partial charge in [0.15, 0.2) is 0 Å². The summed E-state index contributed by atoms with van der Waals surface area (Å²) >= 11 is 6.05. The van der Waals surface area contributed by atoms with Crippen LogP contribution in [0.15, 0.2) is 41.0 Å². The molecule has 1 N–H and O–H groups in total. The number of hydrogen-bond donors (Lipinski definition) is 1. The van der Waals surface area contributed by atoms with E-state index in [1.165, 1.54) is 6.07 Å². The quantitative estimate of drug-likeness (QED) is 0.770. The second-order valence-corrected chi connectivity index (χ2v) is 5.56. The Bertz CT molecular complexity index is 542. The molecule has 2 nitrogen and oxygen atoms in total. The maximum atomic E-state index is 13.5. The van der Waals surface area contributed by atoms with Crippen LogP contribution in [-0.4, -0.2) is 12.6 Å². The lowest BCUT2D eigenvalue weighted by Gasteiger charge is -2.19. The lowest BCUT2D eigenvalue weighted by Crippen LogP contribution is -2.32. The molecule has 21 heavy (non-hydrogen) atoms. The van der Waals surface area contributed by atoms with Gasteiger partial charge >= 0.3 is 0 Å². The molecule has 0 saturated carbocycles. The van der Waals surface area contributed by atoms with E-state index in [9.17, 15) is 4.39 Å². The van der Waals surface area contributed by atoms with Crippen molar-refractivity contribution in [1.29, 1.82) is 0 Å². The molecule has 1 unspecified atom stereocenters. The summed E-state index contributed by atoms with van der Waals surface area (Å²) in [7, 11) is 0. The molecule has 0 saturated heterocycles. The molecular formula is C17H21ClFNO. The van der Waals surface area contributed by atoms with Gasteiger partial charge in [-0.25, -0.2) is 4.39 Å². The largest absolute Gasteiger partial charge is 0.469 e. The van der Waals surface area contributed by atoms with Crippen LogP contribution in [0.2, 0.25) is 5.02 Å². The van der Waals surface area contributed by atoms with Crippen LogP contribution in [0, 0.1) is 5.82 Å². The van der Waals surface area contributed by atoms with E-state index in [0.717, 1.165) is 43.6 Å². The predicted octanol–water partition coefficient (Wildman–Crippen LogP) is 4.62. The van der Waals surface area contributed by atoms with Crippen molar-refractivity contribution < 1.29 is 8.81 Å². The molecule has 1 aromatic carbocycles. The van der Waals surface area contributed by atoms with Crippen molar-refractivity contribution in [3.8, 4) is 0 Å². The first-order chi connectivity index (χ1) is 10.2. The average Bonchev–Trinajstić information content (AvgIpc) is 2.99. The average molecular weight is 310 g/mol. The van der Waals surface area contributed by atoms with Crippen molar-refractivity contribution in [2.24, 2.45) is 0 Å². The number of benzene rings is 1. The van der Waals surface area contributed by atoms with Gasteiger partial charge in [-0.15, -0.1) is 0 Å². The van der Waals surface area contributed by atoms with Gasteiger partial charge in [-0.1, -0.05) is 30.7 Å². The van der Waals surface area contributed by atoms with Crippen LogP contribution in [0.3, 0.4) is 0 Å². The van der Waals surface area contributed by atoms with Gasteiger partial charge < -0.3 is 9.73 Å². The van der Waals surface area contributed by atoms with Crippen LogP contribution in [0.5, 0.6) is 0 Å². The maximum absolute atomic E-state index is 13.5. The Morgan fingerprint density at radius 2 is 2.14 bits per heavy atom. The highest BCUT2D eigenvalue weighted by Crippen LogP contribution is 2.22. The molecule has 0 bridgehead atoms. The molecule has 0 fully saturated rings. The highest BCUT2D eigenvalue weighted by Gasteiger charge is 2.13. The summed E-state index contributed by atoms with van der Waals surface area (Å²) in [5, 5.41) is 3.74. The molecular weight excluding hydrogens is 289 g/mol. The second kappa shape index (κ2) is 8.20. The van der Waals surface area contributed by atoms with Crippen molar-refractivity contribution in [3.63, 3.8) is 0 Å². The van der Waals surface area contributed by atoms with Gasteiger partial charge in [0.05, 0.1) is 11.3 Å². The molecule has 1 atom stereocenters. The SMILES string of the molecule is CCCNC(CCc1ccco1)Cc1cccc(F)c1Cl. The fourth-order valence-electron chi connectivity index (χ4n) is 2.37. The Kier molecular flexibility index (Phi) is 6.27. The molecule has 114 valence electrons. The fourth-order valence-corrected chi connectivity index (χ4v) is 2.57. The first-order valence-electron chi connectivity index (χ1n) is 7.39. The van der Waals surface area contributed by atoms with E-state index in [-0.39, 0.29) is 16.9 Å². The third-order valence-electron chi connectivity index (χ3n) is 3.50. The van der Waals surface area contributed by atoms with Crippen molar-refractivity contribution >= 4 is 11.6 Å². The van der Waals surface area contributed by atoms with E-state index in [2.05, 4.69) is 12.2 Å². The highest BCUT2D eigenvalue weighted by atomic mass is 35.5. The minimum atomic E-state index is -0.352. The third-order valence-corrected chi connectivity index (χ3v) is 3.92. The Labute approximate surface area is 130 Å². The summed E-state index contributed by atoms with van der Waals surface area (Å²) < 4.78 is 18.9. The standard InChI is InChI=1S/C17H21ClFNO/c1-2-10-20-14(8-9-15-6-4-11-21-15)12-13-5-3-7-16(19)17(13)18/h3-7,11,14,20H,2,8-10,12H2,1H3. The Balaban J connectivity index is 1.99. The number of nitrogens with one attached hydrogen (secondary N) is 1. The predicted molar refractivity (Wildman–Crippen MR) is 84.2 cm³/mol. The molecule has 2 aromatic rings. The van der Waals surface area contributed by atoms with E-state index in [1.807, 2.05) is 18.2 Å². The molecule has 0 aliphatic rings. The lowest BCUT2D eigenvalue weighted by molar-refractivity contribution is 0.441. The van der Waals surface area contributed by atoms with Crippen LogP contribution in [0.1, 0.15) is 31.1 Å². The van der Waals surface area contributed by atoms with Gasteiger partial charge in [0, 0.05) is 12.5 Å². The monoisotopic (exact) mass is 309 g/mol. The molecule has 2 rings (SSSR count). The van der Waals surface area contributed by atoms with E-state index >= 15 is 0 Å². The van der Waals surface area contributed by atoms with Crippen LogP contribution < -0.4 is 5.32 Å². The van der Waals surface area contributed by atoms with Crippen molar-refractivity contribution in [2.75, 3.05) is 6.54 Å². The summed E-state index contributed by atoms with van der Waals surface area (Å²) in [6, 6.07) is 9.12. The summed E-state index contributed by atoms with van der Waals surface area (Å²) in [4.78, 5) is 0. The Morgan fingerprint density at radius 3 is 2.86 bits per heavy atom. The summed E-state index contributed by atoms with van der Waals surface area (Å²) in [6.07, 6.45) is 5.26. The minimum absolute atomic E-state index is 0.235. The fraction of sp³-hybridized carbons (Fsp3) is 0.412. The maximum Gasteiger partial charge on any atom is 0.142 e. The van der Waals surface area contributed by atoms with E-state index in [4.69, 9.17) is 16.0 Å². The number of halogens is 2. The number of furan rings is 1. The van der Waals surface area contributed by atoms with Crippen LogP contribution in [0.25, 0.3) is 0 Å². The van der Waals surface area contributed by atoms with Gasteiger partial charge in [0.2, 0.25) is 0 Å². The van der Waals surface area contributed by atoms with Crippen molar-refractivity contribution in [1.82, 2.24) is 5.32 Å². The molecule has 1 heterocycles. The van der Waals surface area contributed by atoms with E-state index in [1.54, 1.807) is 12.3 Å². The highest BCUT2D eigenvalue weighted by molar-refractivity contribution is 6.31. The number of hydrogen-bond acceptors (Lipinski definition) is 2. The Morgan fingerprint density at radius 1 is 1.29 bits per heavy atom. The van der Waals surface area contributed by atoms with Gasteiger partial charge in [-0.2, -0.15) is 0 Å². The molecule has 0 amide bonds. The molecule has 4 heteroatoms. The smallest absolute Gasteiger partial charge is 0.142 e. The van der Waals surface area contributed by atoms with Crippen molar-refractivity contribution in [2.45, 2.75) is 38.6 Å². The topological polar surface area (TPSA) is 25.2 Å². The summed E-state index contributed by atoms with van der Waals surface area (Å²) in [5.74, 6) is 0.623. The molecule has 0 spiro atoms. The summed E-state index contributed by atoms with van der Waals surface area (Å²) in [5.41, 5.74) is 0.852. The lowest BCUT2D eigenvalue weighted by atomic mass is 10.0. The van der Waals surface area contributed by atoms with Crippen molar-refractivity contribution in [3.05, 3.63) is 58.8 Å². The van der Waals surface area contributed by atoms with E-state index < -0.39 is 0 Å². The zero-order chi connectivity index (χ0) is 15.1. The summed E-state index contributed by atoms with van der Waals surface area (Å²) in [6.45, 7) is 3.07. The first-order valence-corrected chi connectivity index (χ1v) is 7.77. The second-order valence-electron chi connectivity index (χ2n) is 5.19. The van der Waals surface area contributed by atoms with E-state index in [0.29, 0.717) is 0 Å². The normalized spacial score (nSPS) is 12.5. The van der Waals surface area contributed by atoms with Crippen LogP contribution in [0.4, 0.5) is 4.39 Å².